The zero-order chi connectivity index (χ0) is 25.2. The molecular weight excluding hydrogens is 448 g/mol. The summed E-state index contributed by atoms with van der Waals surface area (Å²) in [7, 11) is 0. The van der Waals surface area contributed by atoms with E-state index in [0.29, 0.717) is 49.5 Å². The monoisotopic (exact) mass is 482 g/mol. The number of aryl methyl sites for hydroxylation is 1. The molecule has 1 saturated heterocycles. The number of carbonyl (C=O) groups is 3. The second kappa shape index (κ2) is 9.81. The molecule has 0 radical (unpaired) electrons. The molecule has 2 amide bonds. The summed E-state index contributed by atoms with van der Waals surface area (Å²) in [5.74, 6) is -1.09. The first-order valence-electron chi connectivity index (χ1n) is 12.1. The lowest BCUT2D eigenvalue weighted by Crippen LogP contribution is -2.40. The van der Waals surface area contributed by atoms with E-state index >= 15 is 0 Å². The van der Waals surface area contributed by atoms with Crippen molar-refractivity contribution in [1.82, 2.24) is 15.1 Å². The molecule has 35 heavy (non-hydrogen) atoms. The van der Waals surface area contributed by atoms with Crippen molar-refractivity contribution in [3.63, 3.8) is 0 Å². The van der Waals surface area contributed by atoms with Crippen molar-refractivity contribution >= 4 is 17.8 Å². The molecule has 0 aliphatic carbocycles. The molecular formula is C26H34N4O5. The van der Waals surface area contributed by atoms with Crippen molar-refractivity contribution in [1.29, 1.82) is 0 Å². The molecule has 0 unspecified atom stereocenters. The molecule has 0 bridgehead atoms. The Kier molecular flexibility index (Phi) is 6.98. The van der Waals surface area contributed by atoms with Crippen LogP contribution < -0.4 is 11.1 Å². The first-order valence-corrected chi connectivity index (χ1v) is 12.1. The molecule has 3 heterocycles. The van der Waals surface area contributed by atoms with Crippen molar-refractivity contribution < 1.29 is 23.9 Å². The van der Waals surface area contributed by atoms with Crippen LogP contribution in [0.3, 0.4) is 0 Å². The predicted octanol–water partition coefficient (Wildman–Crippen LogP) is 2.51. The van der Waals surface area contributed by atoms with Crippen molar-refractivity contribution in [2.75, 3.05) is 26.4 Å². The Hall–Kier alpha value is -3.20. The highest BCUT2D eigenvalue weighted by Crippen LogP contribution is 2.38. The Labute approximate surface area is 205 Å². The van der Waals surface area contributed by atoms with Gasteiger partial charge in [-0.15, -0.1) is 0 Å². The molecule has 9 heteroatoms. The number of esters is 1. The summed E-state index contributed by atoms with van der Waals surface area (Å²) in [5, 5.41) is 7.95. The summed E-state index contributed by atoms with van der Waals surface area (Å²) in [6.07, 6.45) is 3.15. The van der Waals surface area contributed by atoms with E-state index in [-0.39, 0.29) is 17.9 Å². The standard InChI is InChI=1S/C26H34N4O5/c1-4-30-21-19(13-26(15-28-23(21)32)9-11-34-12-10-26)20(29-30)14-25(2,3)16-35-24(33)18-7-5-17(6-8-18)22(27)31/h5-8H,4,9-16H2,1-3H3,(H2,27,31)(H,28,32). The molecule has 0 saturated carbocycles. The van der Waals surface area contributed by atoms with Crippen LogP contribution in [0.2, 0.25) is 0 Å². The predicted molar refractivity (Wildman–Crippen MR) is 129 cm³/mol. The fraction of sp³-hybridized carbons (Fsp3) is 0.538. The Morgan fingerprint density at radius 1 is 1.20 bits per heavy atom. The number of fused-ring (bicyclic) bond motifs is 1. The highest BCUT2D eigenvalue weighted by Gasteiger charge is 2.40. The van der Waals surface area contributed by atoms with Crippen LogP contribution in [-0.2, 0) is 28.9 Å². The van der Waals surface area contributed by atoms with E-state index in [2.05, 4.69) is 5.32 Å². The topological polar surface area (TPSA) is 126 Å². The quantitative estimate of drug-likeness (QED) is 0.584. The second-order valence-corrected chi connectivity index (χ2v) is 10.4. The molecule has 1 aromatic heterocycles. The third-order valence-electron chi connectivity index (χ3n) is 7.02. The van der Waals surface area contributed by atoms with Gasteiger partial charge in [-0.3, -0.25) is 14.3 Å². The fourth-order valence-electron chi connectivity index (χ4n) is 4.93. The lowest BCUT2D eigenvalue weighted by molar-refractivity contribution is 0.0159. The number of nitrogens with two attached hydrogens (primary N) is 1. The van der Waals surface area contributed by atoms with Gasteiger partial charge in [0.15, 0.2) is 0 Å². The summed E-state index contributed by atoms with van der Waals surface area (Å²) in [6, 6.07) is 6.08. The third kappa shape index (κ3) is 5.40. The number of nitrogens with zero attached hydrogens (tertiary/aromatic N) is 2. The number of rotatable bonds is 7. The molecule has 2 aliphatic heterocycles. The van der Waals surface area contributed by atoms with E-state index < -0.39 is 17.3 Å². The Morgan fingerprint density at radius 2 is 1.86 bits per heavy atom. The maximum Gasteiger partial charge on any atom is 0.338 e. The molecule has 0 atom stereocenters. The minimum atomic E-state index is -0.548. The average Bonchev–Trinajstić information content (AvgIpc) is 3.10. The molecule has 2 aliphatic rings. The van der Waals surface area contributed by atoms with Crippen LogP contribution in [-0.4, -0.2) is 53.9 Å². The zero-order valence-corrected chi connectivity index (χ0v) is 20.7. The van der Waals surface area contributed by atoms with Gasteiger partial charge >= 0.3 is 5.97 Å². The van der Waals surface area contributed by atoms with Crippen LogP contribution in [0, 0.1) is 10.8 Å². The van der Waals surface area contributed by atoms with Gasteiger partial charge in [0.2, 0.25) is 5.91 Å². The number of benzene rings is 1. The van der Waals surface area contributed by atoms with Crippen molar-refractivity contribution in [2.45, 2.75) is 53.0 Å². The van der Waals surface area contributed by atoms with Gasteiger partial charge in [-0.1, -0.05) is 13.8 Å². The van der Waals surface area contributed by atoms with Gasteiger partial charge in [0.25, 0.3) is 5.91 Å². The maximum atomic E-state index is 13.0. The second-order valence-electron chi connectivity index (χ2n) is 10.4. The minimum Gasteiger partial charge on any atom is -0.462 e. The molecule has 1 aromatic carbocycles. The largest absolute Gasteiger partial charge is 0.462 e. The molecule has 9 nitrogen and oxygen atoms in total. The fourth-order valence-corrected chi connectivity index (χ4v) is 4.93. The first-order chi connectivity index (χ1) is 16.6. The van der Waals surface area contributed by atoms with Crippen LogP contribution in [0.4, 0.5) is 0 Å². The van der Waals surface area contributed by atoms with Crippen LogP contribution in [0.25, 0.3) is 0 Å². The number of amides is 2. The van der Waals surface area contributed by atoms with Gasteiger partial charge in [0, 0.05) is 49.3 Å². The van der Waals surface area contributed by atoms with Gasteiger partial charge in [0.05, 0.1) is 17.9 Å². The normalized spacial score (nSPS) is 17.4. The van der Waals surface area contributed by atoms with E-state index in [1.807, 2.05) is 20.8 Å². The SMILES string of the molecule is CCn1nc(CC(C)(C)COC(=O)c2ccc(C(N)=O)cc2)c2c1C(=O)NCC1(CCOCC1)C2. The number of aromatic nitrogens is 2. The van der Waals surface area contributed by atoms with E-state index in [0.717, 1.165) is 30.5 Å². The first kappa shape index (κ1) is 24.9. The maximum absolute atomic E-state index is 13.0. The summed E-state index contributed by atoms with van der Waals surface area (Å²) >= 11 is 0. The van der Waals surface area contributed by atoms with E-state index in [4.69, 9.17) is 20.3 Å². The van der Waals surface area contributed by atoms with Crippen molar-refractivity contribution in [2.24, 2.45) is 16.6 Å². The van der Waals surface area contributed by atoms with Crippen molar-refractivity contribution in [3.8, 4) is 0 Å². The molecule has 188 valence electrons. The summed E-state index contributed by atoms with van der Waals surface area (Å²) in [5.41, 5.74) is 8.05. The summed E-state index contributed by atoms with van der Waals surface area (Å²) < 4.78 is 13.0. The number of primary amides is 1. The number of hydrogen-bond acceptors (Lipinski definition) is 6. The van der Waals surface area contributed by atoms with Crippen LogP contribution >= 0.6 is 0 Å². The highest BCUT2D eigenvalue weighted by molar-refractivity contribution is 5.95. The van der Waals surface area contributed by atoms with Crippen molar-refractivity contribution in [3.05, 3.63) is 52.3 Å². The Morgan fingerprint density at radius 3 is 2.49 bits per heavy atom. The summed E-state index contributed by atoms with van der Waals surface area (Å²) in [4.78, 5) is 36.8. The molecule has 1 spiro atoms. The minimum absolute atomic E-state index is 0.0246. The Balaban J connectivity index is 1.51. The van der Waals surface area contributed by atoms with Crippen LogP contribution in [0.5, 0.6) is 0 Å². The lowest BCUT2D eigenvalue weighted by Gasteiger charge is -2.36. The van der Waals surface area contributed by atoms with Gasteiger partial charge in [0.1, 0.15) is 5.69 Å². The Bertz CT molecular complexity index is 1110. The van der Waals surface area contributed by atoms with Gasteiger partial charge in [-0.2, -0.15) is 5.10 Å². The smallest absolute Gasteiger partial charge is 0.338 e. The summed E-state index contributed by atoms with van der Waals surface area (Å²) in [6.45, 7) is 8.85. The number of ether oxygens (including phenoxy) is 2. The van der Waals surface area contributed by atoms with E-state index in [9.17, 15) is 14.4 Å². The number of nitrogens with one attached hydrogen (secondary N) is 1. The number of carbonyl (C=O) groups excluding carboxylic acids is 3. The third-order valence-corrected chi connectivity index (χ3v) is 7.02. The van der Waals surface area contributed by atoms with Crippen LogP contribution in [0.15, 0.2) is 24.3 Å². The highest BCUT2D eigenvalue weighted by atomic mass is 16.5. The van der Waals surface area contributed by atoms with E-state index in [1.54, 1.807) is 4.68 Å². The molecule has 3 N–H and O–H groups in total. The van der Waals surface area contributed by atoms with E-state index in [1.165, 1.54) is 24.3 Å². The average molecular weight is 483 g/mol. The lowest BCUT2D eigenvalue weighted by atomic mass is 9.74. The molecule has 1 fully saturated rings. The van der Waals surface area contributed by atoms with Gasteiger partial charge in [-0.05, 0) is 55.9 Å². The molecule has 4 rings (SSSR count). The number of hydrogen-bond donors (Lipinski definition) is 2. The van der Waals surface area contributed by atoms with Gasteiger partial charge in [-0.25, -0.2) is 4.79 Å². The van der Waals surface area contributed by atoms with Gasteiger partial charge < -0.3 is 20.5 Å². The zero-order valence-electron chi connectivity index (χ0n) is 20.7. The molecule has 2 aromatic rings. The van der Waals surface area contributed by atoms with Crippen LogP contribution in [0.1, 0.15) is 76.1 Å².